The van der Waals surface area contributed by atoms with E-state index in [1.54, 1.807) is 0 Å². The molecule has 0 aliphatic rings. The summed E-state index contributed by atoms with van der Waals surface area (Å²) in [5, 5.41) is 0. The number of hydrogen-bond donors (Lipinski definition) is 1. The average molecular weight is 94.8 g/mol. The molecule has 0 aromatic rings. The molecular formula is H7BNO2P. The van der Waals surface area contributed by atoms with Crippen molar-refractivity contribution in [2.45, 2.75) is 0 Å². The summed E-state index contributed by atoms with van der Waals surface area (Å²) in [7, 11) is 6.17. The van der Waals surface area contributed by atoms with Crippen LogP contribution in [0.4, 0.5) is 0 Å². The Kier molecular flexibility index (Phi) is 96.2. The molecule has 0 heterocycles. The maximum atomic E-state index is 4.31. The van der Waals surface area contributed by atoms with Crippen LogP contribution in [0.5, 0.6) is 0 Å². The maximum Gasteiger partial charge on any atom is 0.288 e. The minimum atomic E-state index is 0. The summed E-state index contributed by atoms with van der Waals surface area (Å²) in [6, 6.07) is 0. The first-order chi connectivity index (χ1) is 1.41. The predicted molar refractivity (Wildman–Crippen MR) is 25.2 cm³/mol. The second-order valence-corrected chi connectivity index (χ2v) is 0.408. The van der Waals surface area contributed by atoms with Crippen molar-refractivity contribution < 1.29 is 9.92 Å². The fourth-order valence-corrected chi connectivity index (χ4v) is 0. The highest BCUT2D eigenvalue weighted by atomic mass is 31.0. The summed E-state index contributed by atoms with van der Waals surface area (Å²) >= 11 is 0. The molecule has 3 nitrogen and oxygen atoms in total. The Bertz CT molecular complexity index is 9.61. The van der Waals surface area contributed by atoms with Crippen LogP contribution in [-0.2, 0) is 4.44 Å². The summed E-state index contributed by atoms with van der Waals surface area (Å²) in [6.07, 6.45) is 0. The highest BCUT2D eigenvalue weighted by Gasteiger charge is 1.31. The molecule has 2 radical (unpaired) electrons. The fourth-order valence-electron chi connectivity index (χ4n) is 0. The topological polar surface area (TPSA) is 75.7 Å². The number of rotatable bonds is 0. The third-order valence-corrected chi connectivity index (χ3v) is 0. The van der Waals surface area contributed by atoms with Crippen molar-refractivity contribution >= 4 is 17.5 Å². The Morgan fingerprint density at radius 3 is 1.60 bits per heavy atom. The summed E-state index contributed by atoms with van der Waals surface area (Å²) in [5.41, 5.74) is 0. The van der Waals surface area contributed by atoms with Gasteiger partial charge in [-0.1, -0.05) is 0 Å². The molecule has 0 rings (SSSR count). The smallest absolute Gasteiger partial charge is 0.288 e. The van der Waals surface area contributed by atoms with Crippen molar-refractivity contribution in [2.75, 3.05) is 0 Å². The molecule has 0 fully saturated rings. The van der Waals surface area contributed by atoms with Crippen LogP contribution in [0.1, 0.15) is 0 Å². The molecule has 5 heteroatoms. The maximum absolute atomic E-state index is 4.31. The SMILES string of the molecule is N.O.[B]OP. The first-order valence-electron chi connectivity index (χ1n) is 0.471. The summed E-state index contributed by atoms with van der Waals surface area (Å²) in [6.45, 7) is 0. The average Bonchev–Trinajstić information content (AvgIpc) is 0.918. The van der Waals surface area contributed by atoms with E-state index in [9.17, 15) is 0 Å². The Labute approximate surface area is 34.7 Å². The van der Waals surface area contributed by atoms with Gasteiger partial charge in [-0.2, -0.15) is 0 Å². The van der Waals surface area contributed by atoms with E-state index in [2.05, 4.69) is 12.5 Å². The van der Waals surface area contributed by atoms with Gasteiger partial charge < -0.3 is 16.1 Å². The van der Waals surface area contributed by atoms with Gasteiger partial charge in [-0.05, 0) is 9.47 Å². The van der Waals surface area contributed by atoms with Gasteiger partial charge in [-0.3, -0.25) is 0 Å². The summed E-state index contributed by atoms with van der Waals surface area (Å²) in [4.78, 5) is 0. The number of hydrogen-bond acceptors (Lipinski definition) is 2. The van der Waals surface area contributed by atoms with Crippen molar-refractivity contribution in [1.82, 2.24) is 6.15 Å². The van der Waals surface area contributed by atoms with E-state index in [0.29, 0.717) is 0 Å². The molecule has 0 saturated heterocycles. The highest BCUT2D eigenvalue weighted by molar-refractivity contribution is 7.11. The molecule has 0 aliphatic carbocycles. The van der Waals surface area contributed by atoms with E-state index in [4.69, 9.17) is 0 Å². The molecule has 0 bridgehead atoms. The van der Waals surface area contributed by atoms with E-state index in [1.165, 1.54) is 0 Å². The van der Waals surface area contributed by atoms with E-state index in [1.807, 2.05) is 9.47 Å². The van der Waals surface area contributed by atoms with Crippen LogP contribution in [0.2, 0.25) is 0 Å². The molecule has 0 aromatic carbocycles. The van der Waals surface area contributed by atoms with E-state index in [0.717, 1.165) is 0 Å². The zero-order valence-corrected chi connectivity index (χ0v) is 3.92. The Balaban J connectivity index is -0.0000000200. The first kappa shape index (κ1) is 18.2. The highest BCUT2D eigenvalue weighted by Crippen LogP contribution is 1.67. The molecule has 32 valence electrons. The molecule has 1 atom stereocenters. The van der Waals surface area contributed by atoms with Crippen molar-refractivity contribution in [3.63, 3.8) is 0 Å². The standard InChI is InChI=1S/BH2OP.H3N.H2O/c1-2-3;;/h3H2;1H3;1H2. The van der Waals surface area contributed by atoms with E-state index in [-0.39, 0.29) is 11.6 Å². The molecule has 0 saturated carbocycles. The third kappa shape index (κ3) is 176. The van der Waals surface area contributed by atoms with Crippen LogP contribution in [0.3, 0.4) is 0 Å². The summed E-state index contributed by atoms with van der Waals surface area (Å²) < 4.78 is 3.67. The van der Waals surface area contributed by atoms with Gasteiger partial charge in [-0.15, -0.1) is 0 Å². The summed E-state index contributed by atoms with van der Waals surface area (Å²) in [5.74, 6) is 0. The zero-order valence-electron chi connectivity index (χ0n) is 2.77. The van der Waals surface area contributed by atoms with Gasteiger partial charge in [0.15, 0.2) is 0 Å². The van der Waals surface area contributed by atoms with Crippen molar-refractivity contribution in [1.29, 1.82) is 0 Å². The van der Waals surface area contributed by atoms with Gasteiger partial charge in [0.1, 0.15) is 0 Å². The van der Waals surface area contributed by atoms with Gasteiger partial charge in [0, 0.05) is 0 Å². The second-order valence-electron chi connectivity index (χ2n) is 0.136. The molecule has 0 aromatic heterocycles. The molecule has 5 heavy (non-hydrogen) atoms. The lowest BCUT2D eigenvalue weighted by Crippen LogP contribution is -1.44. The van der Waals surface area contributed by atoms with E-state index < -0.39 is 0 Å². The van der Waals surface area contributed by atoms with Crippen LogP contribution < -0.4 is 6.15 Å². The van der Waals surface area contributed by atoms with Crippen molar-refractivity contribution in [2.24, 2.45) is 0 Å². The van der Waals surface area contributed by atoms with E-state index >= 15 is 0 Å². The zero-order chi connectivity index (χ0) is 2.71. The lowest BCUT2D eigenvalue weighted by atomic mass is 10.6. The minimum absolute atomic E-state index is 0. The van der Waals surface area contributed by atoms with Crippen LogP contribution in [0.25, 0.3) is 0 Å². The van der Waals surface area contributed by atoms with Crippen molar-refractivity contribution in [3.05, 3.63) is 0 Å². The van der Waals surface area contributed by atoms with Gasteiger partial charge in [0.25, 0.3) is 8.05 Å². The molecule has 0 aliphatic heterocycles. The predicted octanol–water partition coefficient (Wildman–Crippen LogP) is -0.786. The quantitative estimate of drug-likeness (QED) is 0.316. The van der Waals surface area contributed by atoms with Crippen molar-refractivity contribution in [3.8, 4) is 0 Å². The lowest BCUT2D eigenvalue weighted by molar-refractivity contribution is 0.725. The molecule has 0 spiro atoms. The van der Waals surface area contributed by atoms with Crippen LogP contribution in [-0.4, -0.2) is 13.5 Å². The molecule has 1 unspecified atom stereocenters. The monoisotopic (exact) mass is 95.0 g/mol. The third-order valence-electron chi connectivity index (χ3n) is 0. The van der Waals surface area contributed by atoms with Gasteiger partial charge in [0.2, 0.25) is 0 Å². The van der Waals surface area contributed by atoms with Crippen LogP contribution >= 0.6 is 9.47 Å². The van der Waals surface area contributed by atoms with Gasteiger partial charge in [0.05, 0.1) is 0 Å². The molecule has 5 N–H and O–H groups in total. The fraction of sp³-hybridized carbons (Fsp3) is 0. The Morgan fingerprint density at radius 2 is 1.60 bits per heavy atom. The normalized spacial score (nSPS) is 3.40. The van der Waals surface area contributed by atoms with Gasteiger partial charge in [-0.25, -0.2) is 0 Å². The lowest BCUT2D eigenvalue weighted by Gasteiger charge is -1.60. The van der Waals surface area contributed by atoms with Gasteiger partial charge >= 0.3 is 0 Å². The molecular weight excluding hydrogens is 87.8 g/mol. The molecule has 0 amide bonds. The first-order valence-corrected chi connectivity index (χ1v) is 0.943. The van der Waals surface area contributed by atoms with Crippen LogP contribution in [0.15, 0.2) is 0 Å². The largest absolute Gasteiger partial charge is 0.432 e. The Hall–Kier alpha value is 0.375. The Morgan fingerprint density at radius 1 is 1.60 bits per heavy atom. The van der Waals surface area contributed by atoms with Crippen LogP contribution in [0, 0.1) is 0 Å². The minimum Gasteiger partial charge on any atom is -0.432 e. The second kappa shape index (κ2) is 26.4.